The molecule has 86 valence electrons. The number of carbonyl (C=O) groups is 1. The number of amides is 1. The van der Waals surface area contributed by atoms with Gasteiger partial charge in [0.1, 0.15) is 11.7 Å². The Bertz CT molecular complexity index is 442. The fourth-order valence-corrected chi connectivity index (χ4v) is 1.74. The number of primary amides is 1. The molecule has 1 amide bonds. The maximum absolute atomic E-state index is 10.7. The van der Waals surface area contributed by atoms with Gasteiger partial charge in [-0.15, -0.1) is 0 Å². The summed E-state index contributed by atoms with van der Waals surface area (Å²) in [5, 5.41) is 9.97. The van der Waals surface area contributed by atoms with E-state index in [2.05, 4.69) is 0 Å². The molecule has 3 N–H and O–H groups in total. The molecule has 0 saturated carbocycles. The maximum Gasteiger partial charge on any atom is 0.410 e. The number of para-hydroxylation sites is 1. The Kier molecular flexibility index (Phi) is 2.27. The van der Waals surface area contributed by atoms with E-state index in [9.17, 15) is 9.90 Å². The summed E-state index contributed by atoms with van der Waals surface area (Å²) in [5.74, 6) is 0.605. The maximum atomic E-state index is 10.7. The highest BCUT2D eigenvalue weighted by Gasteiger charge is 2.41. The second-order valence-corrected chi connectivity index (χ2v) is 4.20. The lowest BCUT2D eigenvalue weighted by Crippen LogP contribution is -2.30. The molecule has 1 aromatic carbocycles. The number of ether oxygens (including phenoxy) is 2. The van der Waals surface area contributed by atoms with E-state index in [1.807, 2.05) is 0 Å². The first-order chi connectivity index (χ1) is 7.42. The van der Waals surface area contributed by atoms with Gasteiger partial charge in [0.05, 0.1) is 0 Å². The third-order valence-corrected chi connectivity index (χ3v) is 2.54. The first-order valence-corrected chi connectivity index (χ1v) is 4.89. The number of fused-ring (bicyclic) bond motifs is 1. The SMILES string of the molecule is CC1(C)Oc2c(OC(N)=O)cccc2C1O. The Morgan fingerprint density at radius 1 is 1.56 bits per heavy atom. The number of nitrogens with two attached hydrogens (primary N) is 1. The third-order valence-electron chi connectivity index (χ3n) is 2.54. The number of aliphatic hydroxyl groups excluding tert-OH is 1. The number of carbonyl (C=O) groups excluding carboxylic acids is 1. The van der Waals surface area contributed by atoms with E-state index in [0.717, 1.165) is 0 Å². The second-order valence-electron chi connectivity index (χ2n) is 4.20. The van der Waals surface area contributed by atoms with E-state index < -0.39 is 17.8 Å². The molecule has 0 fully saturated rings. The van der Waals surface area contributed by atoms with E-state index in [1.54, 1.807) is 32.0 Å². The van der Waals surface area contributed by atoms with E-state index in [4.69, 9.17) is 15.2 Å². The zero-order valence-electron chi connectivity index (χ0n) is 9.06. The van der Waals surface area contributed by atoms with Gasteiger partial charge in [0.2, 0.25) is 0 Å². The third kappa shape index (κ3) is 1.59. The van der Waals surface area contributed by atoms with Gasteiger partial charge in [0, 0.05) is 5.56 Å². The molecule has 1 heterocycles. The van der Waals surface area contributed by atoms with Gasteiger partial charge < -0.3 is 20.3 Å². The van der Waals surface area contributed by atoms with Crippen LogP contribution in [0.4, 0.5) is 4.79 Å². The lowest BCUT2D eigenvalue weighted by atomic mass is 9.98. The first kappa shape index (κ1) is 10.8. The Labute approximate surface area is 92.8 Å². The van der Waals surface area contributed by atoms with Crippen molar-refractivity contribution >= 4 is 6.09 Å². The average molecular weight is 223 g/mol. The molecule has 1 unspecified atom stereocenters. The number of hydrogen-bond acceptors (Lipinski definition) is 4. The van der Waals surface area contributed by atoms with Gasteiger partial charge in [-0.2, -0.15) is 0 Å². The molecule has 16 heavy (non-hydrogen) atoms. The molecule has 1 atom stereocenters. The molecule has 0 aliphatic carbocycles. The minimum Gasteiger partial charge on any atom is -0.480 e. The van der Waals surface area contributed by atoms with Crippen molar-refractivity contribution in [3.63, 3.8) is 0 Å². The summed E-state index contributed by atoms with van der Waals surface area (Å²) in [6.07, 6.45) is -1.66. The van der Waals surface area contributed by atoms with Crippen LogP contribution in [-0.4, -0.2) is 16.8 Å². The van der Waals surface area contributed by atoms with Crippen molar-refractivity contribution in [2.24, 2.45) is 5.73 Å². The topological polar surface area (TPSA) is 81.8 Å². The fourth-order valence-electron chi connectivity index (χ4n) is 1.74. The number of rotatable bonds is 1. The molecule has 0 aromatic heterocycles. The van der Waals surface area contributed by atoms with Crippen LogP contribution in [-0.2, 0) is 0 Å². The molecule has 2 rings (SSSR count). The van der Waals surface area contributed by atoms with Gasteiger partial charge in [-0.25, -0.2) is 4.79 Å². The minimum absolute atomic E-state index is 0.231. The average Bonchev–Trinajstić information content (AvgIpc) is 2.40. The molecule has 0 bridgehead atoms. The van der Waals surface area contributed by atoms with Crippen LogP contribution < -0.4 is 15.2 Å². The van der Waals surface area contributed by atoms with Crippen LogP contribution in [0.5, 0.6) is 11.5 Å². The Morgan fingerprint density at radius 3 is 2.88 bits per heavy atom. The molecular formula is C11H13NO4. The highest BCUT2D eigenvalue weighted by molar-refractivity contribution is 5.70. The standard InChI is InChI=1S/C11H13NO4/c1-11(2)9(13)6-4-3-5-7(8(6)16-11)15-10(12)14/h3-5,9,13H,1-2H3,(H2,12,14). The molecule has 0 saturated heterocycles. The summed E-state index contributed by atoms with van der Waals surface area (Å²) < 4.78 is 10.4. The van der Waals surface area contributed by atoms with E-state index >= 15 is 0 Å². The molecule has 1 aromatic rings. The zero-order valence-corrected chi connectivity index (χ0v) is 9.06. The summed E-state index contributed by atoms with van der Waals surface area (Å²) in [6.45, 7) is 3.51. The first-order valence-electron chi connectivity index (χ1n) is 4.89. The van der Waals surface area contributed by atoms with Crippen molar-refractivity contribution < 1.29 is 19.4 Å². The summed E-state index contributed by atoms with van der Waals surface area (Å²) in [6, 6.07) is 4.96. The molecule has 5 nitrogen and oxygen atoms in total. The summed E-state index contributed by atoms with van der Waals surface area (Å²) in [7, 11) is 0. The van der Waals surface area contributed by atoms with Crippen molar-refractivity contribution in [2.45, 2.75) is 25.6 Å². The molecule has 0 radical (unpaired) electrons. The zero-order chi connectivity index (χ0) is 11.9. The number of aliphatic hydroxyl groups is 1. The molecular weight excluding hydrogens is 210 g/mol. The predicted molar refractivity (Wildman–Crippen MR) is 56.3 cm³/mol. The van der Waals surface area contributed by atoms with E-state index in [-0.39, 0.29) is 5.75 Å². The van der Waals surface area contributed by atoms with Gasteiger partial charge in [0.25, 0.3) is 0 Å². The monoisotopic (exact) mass is 223 g/mol. The Morgan fingerprint density at radius 2 is 2.25 bits per heavy atom. The smallest absolute Gasteiger partial charge is 0.410 e. The normalized spacial score (nSPS) is 21.1. The van der Waals surface area contributed by atoms with Crippen LogP contribution >= 0.6 is 0 Å². The molecule has 0 spiro atoms. The predicted octanol–water partition coefficient (Wildman–Crippen LogP) is 1.35. The lowest BCUT2D eigenvalue weighted by Gasteiger charge is -2.21. The van der Waals surface area contributed by atoms with Crippen molar-refractivity contribution in [3.8, 4) is 11.5 Å². The van der Waals surface area contributed by atoms with Crippen LogP contribution in [0.1, 0.15) is 25.5 Å². The second kappa shape index (κ2) is 3.38. The van der Waals surface area contributed by atoms with Gasteiger partial charge >= 0.3 is 6.09 Å². The van der Waals surface area contributed by atoms with Crippen LogP contribution in [0, 0.1) is 0 Å². The van der Waals surface area contributed by atoms with E-state index in [1.165, 1.54) is 0 Å². The fraction of sp³-hybridized carbons (Fsp3) is 0.364. The minimum atomic E-state index is -0.906. The highest BCUT2D eigenvalue weighted by atomic mass is 16.6. The lowest BCUT2D eigenvalue weighted by molar-refractivity contribution is -0.000157. The van der Waals surface area contributed by atoms with Crippen LogP contribution in [0.2, 0.25) is 0 Å². The van der Waals surface area contributed by atoms with Crippen LogP contribution in [0.25, 0.3) is 0 Å². The van der Waals surface area contributed by atoms with Gasteiger partial charge in [-0.05, 0) is 19.9 Å². The molecule has 5 heteroatoms. The van der Waals surface area contributed by atoms with Gasteiger partial charge in [0.15, 0.2) is 11.5 Å². The van der Waals surface area contributed by atoms with Crippen LogP contribution in [0.15, 0.2) is 18.2 Å². The van der Waals surface area contributed by atoms with Crippen LogP contribution in [0.3, 0.4) is 0 Å². The van der Waals surface area contributed by atoms with Gasteiger partial charge in [-0.1, -0.05) is 12.1 Å². The Balaban J connectivity index is 2.45. The van der Waals surface area contributed by atoms with Crippen molar-refractivity contribution in [2.75, 3.05) is 0 Å². The number of benzene rings is 1. The Hall–Kier alpha value is -1.75. The van der Waals surface area contributed by atoms with E-state index in [0.29, 0.717) is 11.3 Å². The molecule has 1 aliphatic heterocycles. The van der Waals surface area contributed by atoms with Gasteiger partial charge in [-0.3, -0.25) is 0 Å². The summed E-state index contributed by atoms with van der Waals surface area (Å²) in [5.41, 5.74) is 4.81. The highest BCUT2D eigenvalue weighted by Crippen LogP contribution is 2.47. The summed E-state index contributed by atoms with van der Waals surface area (Å²) in [4.78, 5) is 10.7. The largest absolute Gasteiger partial charge is 0.480 e. The number of hydrogen-bond donors (Lipinski definition) is 2. The quantitative estimate of drug-likeness (QED) is 0.752. The van der Waals surface area contributed by atoms with Crippen molar-refractivity contribution in [1.82, 2.24) is 0 Å². The molecule has 1 aliphatic rings. The van der Waals surface area contributed by atoms with Crippen molar-refractivity contribution in [3.05, 3.63) is 23.8 Å². The van der Waals surface area contributed by atoms with Crippen molar-refractivity contribution in [1.29, 1.82) is 0 Å². The summed E-state index contributed by atoms with van der Waals surface area (Å²) >= 11 is 0.